The van der Waals surface area contributed by atoms with Crippen LogP contribution >= 0.6 is 11.6 Å². The van der Waals surface area contributed by atoms with Crippen molar-refractivity contribution >= 4 is 38.9 Å². The van der Waals surface area contributed by atoms with Crippen molar-refractivity contribution in [1.82, 2.24) is 9.21 Å². The van der Waals surface area contributed by atoms with Gasteiger partial charge in [0.05, 0.1) is 26.6 Å². The maximum atomic E-state index is 12.7. The van der Waals surface area contributed by atoms with Gasteiger partial charge in [-0.25, -0.2) is 8.42 Å². The fraction of sp³-hybridized carbons (Fsp3) is 0.316. The Morgan fingerprint density at radius 3 is 2.37 bits per heavy atom. The minimum absolute atomic E-state index is 0.160. The van der Waals surface area contributed by atoms with E-state index in [0.29, 0.717) is 13.1 Å². The zero-order valence-electron chi connectivity index (χ0n) is 16.2. The third-order valence-electron chi connectivity index (χ3n) is 5.00. The van der Waals surface area contributed by atoms with Gasteiger partial charge < -0.3 is 5.32 Å². The van der Waals surface area contributed by atoms with E-state index in [1.54, 1.807) is 37.3 Å². The van der Waals surface area contributed by atoms with Crippen LogP contribution in [-0.4, -0.2) is 60.7 Å². The summed E-state index contributed by atoms with van der Waals surface area (Å²) in [6.07, 6.45) is 0. The molecule has 1 heterocycles. The summed E-state index contributed by atoms with van der Waals surface area (Å²) in [7, 11) is -3.57. The highest BCUT2D eigenvalue weighted by Gasteiger charge is 2.32. The molecular formula is C19H21ClN4O5S. The lowest BCUT2D eigenvalue weighted by Gasteiger charge is -2.36. The van der Waals surface area contributed by atoms with E-state index >= 15 is 0 Å². The quantitative estimate of drug-likeness (QED) is 0.532. The molecular weight excluding hydrogens is 432 g/mol. The monoisotopic (exact) mass is 452 g/mol. The Balaban J connectivity index is 1.63. The molecule has 0 aromatic heterocycles. The average Bonchev–Trinajstić information content (AvgIpc) is 2.75. The minimum Gasteiger partial charge on any atom is -0.323 e. The Morgan fingerprint density at radius 2 is 1.77 bits per heavy atom. The van der Waals surface area contributed by atoms with Crippen LogP contribution in [0.5, 0.6) is 0 Å². The number of amides is 1. The van der Waals surface area contributed by atoms with Crippen molar-refractivity contribution in [1.29, 1.82) is 0 Å². The molecule has 1 saturated heterocycles. The van der Waals surface area contributed by atoms with Gasteiger partial charge in [-0.1, -0.05) is 29.8 Å². The van der Waals surface area contributed by atoms with Crippen LogP contribution in [0, 0.1) is 10.1 Å². The predicted octanol–water partition coefficient (Wildman–Crippen LogP) is 2.58. The van der Waals surface area contributed by atoms with E-state index in [2.05, 4.69) is 5.32 Å². The molecule has 11 heteroatoms. The first-order valence-corrected chi connectivity index (χ1v) is 11.1. The maximum absolute atomic E-state index is 12.7. The predicted molar refractivity (Wildman–Crippen MR) is 113 cm³/mol. The van der Waals surface area contributed by atoms with E-state index in [9.17, 15) is 23.3 Å². The lowest BCUT2D eigenvalue weighted by molar-refractivity contribution is -0.384. The number of nitrogens with one attached hydrogen (secondary N) is 1. The van der Waals surface area contributed by atoms with E-state index in [-0.39, 0.29) is 40.3 Å². The van der Waals surface area contributed by atoms with Crippen molar-refractivity contribution in [3.63, 3.8) is 0 Å². The molecule has 3 rings (SSSR count). The zero-order valence-corrected chi connectivity index (χ0v) is 17.8. The number of sulfonamides is 1. The number of non-ortho nitro benzene ring substituents is 1. The number of piperazine rings is 1. The number of rotatable bonds is 6. The molecule has 2 aromatic rings. The van der Waals surface area contributed by atoms with Crippen LogP contribution in [0.3, 0.4) is 0 Å². The van der Waals surface area contributed by atoms with Gasteiger partial charge in [0.2, 0.25) is 15.9 Å². The van der Waals surface area contributed by atoms with Crippen molar-refractivity contribution < 1.29 is 18.1 Å². The molecule has 1 fully saturated rings. The van der Waals surface area contributed by atoms with Crippen LogP contribution in [0.4, 0.5) is 11.4 Å². The van der Waals surface area contributed by atoms with Gasteiger partial charge in [-0.2, -0.15) is 4.31 Å². The number of hydrogen-bond donors (Lipinski definition) is 1. The van der Waals surface area contributed by atoms with Crippen molar-refractivity contribution in [2.45, 2.75) is 17.9 Å². The molecule has 0 unspecified atom stereocenters. The smallest absolute Gasteiger partial charge is 0.271 e. The van der Waals surface area contributed by atoms with Crippen LogP contribution in [0.2, 0.25) is 5.02 Å². The van der Waals surface area contributed by atoms with E-state index < -0.39 is 21.0 Å². The molecule has 9 nitrogen and oxygen atoms in total. The SMILES string of the molecule is C[C@@H](C(=O)Nc1cc([N+](=O)[O-])ccc1Cl)N1CCN(S(=O)(=O)c2ccccc2)CC1. The summed E-state index contributed by atoms with van der Waals surface area (Å²) in [4.78, 5) is 25.1. The van der Waals surface area contributed by atoms with Crippen molar-refractivity contribution in [3.05, 3.63) is 63.7 Å². The molecule has 1 N–H and O–H groups in total. The second kappa shape index (κ2) is 9.09. The minimum atomic E-state index is -3.57. The molecule has 0 radical (unpaired) electrons. The molecule has 160 valence electrons. The summed E-state index contributed by atoms with van der Waals surface area (Å²) in [5, 5.41) is 13.7. The van der Waals surface area contributed by atoms with Crippen molar-refractivity contribution in [2.75, 3.05) is 31.5 Å². The second-order valence-corrected chi connectivity index (χ2v) is 9.18. The van der Waals surface area contributed by atoms with Gasteiger partial charge in [0.1, 0.15) is 0 Å². The van der Waals surface area contributed by atoms with Gasteiger partial charge >= 0.3 is 0 Å². The zero-order chi connectivity index (χ0) is 21.9. The number of carbonyl (C=O) groups excluding carboxylic acids is 1. The summed E-state index contributed by atoms with van der Waals surface area (Å²) in [5.41, 5.74) is -0.0184. The summed E-state index contributed by atoms with van der Waals surface area (Å²) in [5.74, 6) is -0.378. The summed E-state index contributed by atoms with van der Waals surface area (Å²) in [6, 6.07) is 11.5. The maximum Gasteiger partial charge on any atom is 0.271 e. The van der Waals surface area contributed by atoms with Crippen molar-refractivity contribution in [3.8, 4) is 0 Å². The molecule has 0 saturated carbocycles. The normalized spacial score (nSPS) is 16.7. The molecule has 1 atom stereocenters. The number of nitrogens with zero attached hydrogens (tertiary/aromatic N) is 3. The highest BCUT2D eigenvalue weighted by molar-refractivity contribution is 7.89. The number of nitro groups is 1. The van der Waals surface area contributed by atoms with Crippen LogP contribution in [-0.2, 0) is 14.8 Å². The largest absolute Gasteiger partial charge is 0.323 e. The molecule has 0 aliphatic carbocycles. The Morgan fingerprint density at radius 1 is 1.13 bits per heavy atom. The van der Waals surface area contributed by atoms with Gasteiger partial charge in [0, 0.05) is 38.3 Å². The number of benzene rings is 2. The first kappa shape index (κ1) is 22.2. The molecule has 0 bridgehead atoms. The Kier molecular flexibility index (Phi) is 6.71. The number of halogens is 1. The fourth-order valence-corrected chi connectivity index (χ4v) is 4.81. The topological polar surface area (TPSA) is 113 Å². The first-order valence-electron chi connectivity index (χ1n) is 9.24. The van der Waals surface area contributed by atoms with Crippen LogP contribution in [0.25, 0.3) is 0 Å². The molecule has 30 heavy (non-hydrogen) atoms. The van der Waals surface area contributed by atoms with Gasteiger partial charge in [-0.3, -0.25) is 19.8 Å². The molecule has 1 aliphatic rings. The van der Waals surface area contributed by atoms with Crippen LogP contribution in [0.1, 0.15) is 6.92 Å². The average molecular weight is 453 g/mol. The third-order valence-corrected chi connectivity index (χ3v) is 7.24. The molecule has 2 aromatic carbocycles. The van der Waals surface area contributed by atoms with E-state index in [1.807, 2.05) is 4.90 Å². The second-order valence-electron chi connectivity index (χ2n) is 6.84. The summed E-state index contributed by atoms with van der Waals surface area (Å²) in [6.45, 7) is 2.97. The van der Waals surface area contributed by atoms with Gasteiger partial charge in [-0.15, -0.1) is 0 Å². The number of anilines is 1. The Bertz CT molecular complexity index is 1040. The van der Waals surface area contributed by atoms with Crippen molar-refractivity contribution in [2.24, 2.45) is 0 Å². The van der Waals surface area contributed by atoms with E-state index in [0.717, 1.165) is 0 Å². The van der Waals surface area contributed by atoms with Gasteiger partial charge in [0.15, 0.2) is 0 Å². The lowest BCUT2D eigenvalue weighted by atomic mass is 10.2. The fourth-order valence-electron chi connectivity index (χ4n) is 3.20. The standard InChI is InChI=1S/C19H21ClN4O5S/c1-14(19(25)21-18-13-15(24(26)27)7-8-17(18)20)22-9-11-23(12-10-22)30(28,29)16-5-3-2-4-6-16/h2-8,13-14H,9-12H2,1H3,(H,21,25)/t14-/m0/s1. The highest BCUT2D eigenvalue weighted by atomic mass is 35.5. The molecule has 1 aliphatic heterocycles. The van der Waals surface area contributed by atoms with E-state index in [4.69, 9.17) is 11.6 Å². The number of nitro benzene ring substituents is 1. The van der Waals surface area contributed by atoms with E-state index in [1.165, 1.54) is 22.5 Å². The Labute approximate surface area is 179 Å². The number of hydrogen-bond acceptors (Lipinski definition) is 6. The van der Waals surface area contributed by atoms with Gasteiger partial charge in [0.25, 0.3) is 5.69 Å². The Hall–Kier alpha value is -2.53. The van der Waals surface area contributed by atoms with Crippen LogP contribution in [0.15, 0.2) is 53.4 Å². The van der Waals surface area contributed by atoms with Gasteiger partial charge in [-0.05, 0) is 25.1 Å². The van der Waals surface area contributed by atoms with Crippen LogP contribution < -0.4 is 5.32 Å². The molecule has 1 amide bonds. The third kappa shape index (κ3) is 4.78. The lowest BCUT2D eigenvalue weighted by Crippen LogP contribution is -2.53. The number of carbonyl (C=O) groups is 1. The first-order chi connectivity index (χ1) is 14.2. The highest BCUT2D eigenvalue weighted by Crippen LogP contribution is 2.27. The summed E-state index contributed by atoms with van der Waals surface area (Å²) < 4.78 is 26.8. The summed E-state index contributed by atoms with van der Waals surface area (Å²) >= 11 is 6.04. The molecule has 0 spiro atoms.